The van der Waals surface area contributed by atoms with Gasteiger partial charge in [-0.05, 0) is 86.2 Å². The number of amides is 1. The molecule has 0 unspecified atom stereocenters. The number of ether oxygens (including phenoxy) is 1. The van der Waals surface area contributed by atoms with Crippen LogP contribution in [0.5, 0.6) is 0 Å². The number of carbonyl (C=O) groups excluding carboxylic acids is 2. The number of pyridine rings is 1. The van der Waals surface area contributed by atoms with Crippen LogP contribution in [0, 0.1) is 0 Å². The predicted octanol–water partition coefficient (Wildman–Crippen LogP) is 6.57. The summed E-state index contributed by atoms with van der Waals surface area (Å²) in [4.78, 5) is 29.0. The van der Waals surface area contributed by atoms with Crippen molar-refractivity contribution >= 4 is 34.0 Å². The van der Waals surface area contributed by atoms with Gasteiger partial charge in [0.1, 0.15) is 0 Å². The number of aromatic nitrogens is 1. The van der Waals surface area contributed by atoms with Gasteiger partial charge in [-0.2, -0.15) is 0 Å². The number of fused-ring (bicyclic) bond motifs is 1. The fourth-order valence-electron chi connectivity index (χ4n) is 5.17. The number of nitrogens with zero attached hydrogens (tertiary/aromatic N) is 1. The zero-order chi connectivity index (χ0) is 27.7. The number of hydrogen-bond donors (Lipinski definition) is 3. The molecule has 0 atom stereocenters. The van der Waals surface area contributed by atoms with Crippen molar-refractivity contribution in [2.45, 2.75) is 57.7 Å². The lowest BCUT2D eigenvalue weighted by atomic mass is 9.90. The predicted molar refractivity (Wildman–Crippen MR) is 160 cm³/mol. The molecule has 1 saturated carbocycles. The topological polar surface area (TPSA) is 92.4 Å². The SMILES string of the molecule is CCCOC(=O)c1ccc(C(=O)Nc2cccc(CNC3CCC(Nc4cccc5cnccc45)CC3)c2)cc1. The highest BCUT2D eigenvalue weighted by atomic mass is 16.5. The van der Waals surface area contributed by atoms with Crippen molar-refractivity contribution in [3.8, 4) is 0 Å². The maximum atomic E-state index is 12.8. The summed E-state index contributed by atoms with van der Waals surface area (Å²) >= 11 is 0. The average Bonchev–Trinajstić information content (AvgIpc) is 3.00. The second-order valence-corrected chi connectivity index (χ2v) is 10.3. The Morgan fingerprint density at radius 1 is 0.900 bits per heavy atom. The van der Waals surface area contributed by atoms with Crippen molar-refractivity contribution in [2.24, 2.45) is 0 Å². The van der Waals surface area contributed by atoms with Crippen molar-refractivity contribution in [3.05, 3.63) is 102 Å². The van der Waals surface area contributed by atoms with Crippen LogP contribution in [-0.4, -0.2) is 35.6 Å². The van der Waals surface area contributed by atoms with Gasteiger partial charge in [0.15, 0.2) is 0 Å². The van der Waals surface area contributed by atoms with Gasteiger partial charge in [0.25, 0.3) is 5.91 Å². The Labute approximate surface area is 235 Å². The van der Waals surface area contributed by atoms with E-state index in [1.807, 2.05) is 37.5 Å². The highest BCUT2D eigenvalue weighted by molar-refractivity contribution is 6.04. The quantitative estimate of drug-likeness (QED) is 0.199. The fourth-order valence-corrected chi connectivity index (χ4v) is 5.17. The van der Waals surface area contributed by atoms with Gasteiger partial charge in [-0.1, -0.05) is 31.2 Å². The van der Waals surface area contributed by atoms with Crippen LogP contribution in [0.25, 0.3) is 10.8 Å². The molecule has 1 heterocycles. The number of rotatable bonds is 10. The van der Waals surface area contributed by atoms with E-state index in [0.717, 1.165) is 55.3 Å². The van der Waals surface area contributed by atoms with Crippen LogP contribution >= 0.6 is 0 Å². The molecule has 206 valence electrons. The van der Waals surface area contributed by atoms with Crippen LogP contribution in [0.4, 0.5) is 11.4 Å². The molecule has 3 N–H and O–H groups in total. The van der Waals surface area contributed by atoms with E-state index >= 15 is 0 Å². The number of anilines is 2. The van der Waals surface area contributed by atoms with Gasteiger partial charge < -0.3 is 20.7 Å². The molecule has 0 saturated heterocycles. The maximum Gasteiger partial charge on any atom is 0.338 e. The Kier molecular flexibility index (Phi) is 9.04. The first-order valence-corrected chi connectivity index (χ1v) is 14.1. The Balaban J connectivity index is 1.09. The second kappa shape index (κ2) is 13.2. The van der Waals surface area contributed by atoms with Crippen LogP contribution in [0.3, 0.4) is 0 Å². The van der Waals surface area contributed by atoms with E-state index < -0.39 is 0 Å². The zero-order valence-corrected chi connectivity index (χ0v) is 22.9. The summed E-state index contributed by atoms with van der Waals surface area (Å²) in [5.74, 6) is -0.590. The minimum absolute atomic E-state index is 0.216. The molecule has 0 spiro atoms. The van der Waals surface area contributed by atoms with Crippen molar-refractivity contribution < 1.29 is 14.3 Å². The molecule has 7 heteroatoms. The first-order valence-electron chi connectivity index (χ1n) is 14.1. The normalized spacial score (nSPS) is 16.8. The summed E-state index contributed by atoms with van der Waals surface area (Å²) in [5, 5.41) is 12.8. The number of carbonyl (C=O) groups is 2. The Hall–Kier alpha value is -4.23. The van der Waals surface area contributed by atoms with Gasteiger partial charge in [0.05, 0.1) is 12.2 Å². The van der Waals surface area contributed by atoms with E-state index in [4.69, 9.17) is 4.74 Å². The van der Waals surface area contributed by atoms with Gasteiger partial charge in [-0.25, -0.2) is 4.79 Å². The number of esters is 1. The first-order chi connectivity index (χ1) is 19.6. The molecule has 5 rings (SSSR count). The summed E-state index contributed by atoms with van der Waals surface area (Å²) in [6, 6.07) is 23.8. The molecule has 40 heavy (non-hydrogen) atoms. The molecule has 0 aliphatic heterocycles. The molecule has 1 aliphatic rings. The third kappa shape index (κ3) is 7.04. The maximum absolute atomic E-state index is 12.8. The lowest BCUT2D eigenvalue weighted by Gasteiger charge is -2.30. The summed E-state index contributed by atoms with van der Waals surface area (Å²) in [5.41, 5.74) is 3.97. The highest BCUT2D eigenvalue weighted by Gasteiger charge is 2.21. The number of benzene rings is 3. The van der Waals surface area contributed by atoms with Crippen LogP contribution < -0.4 is 16.0 Å². The lowest BCUT2D eigenvalue weighted by Crippen LogP contribution is -2.36. The summed E-state index contributed by atoms with van der Waals surface area (Å²) in [7, 11) is 0. The van der Waals surface area contributed by atoms with Gasteiger partial charge in [-0.15, -0.1) is 0 Å². The summed E-state index contributed by atoms with van der Waals surface area (Å²) in [6.07, 6.45) is 8.98. The molecule has 1 aliphatic carbocycles. The highest BCUT2D eigenvalue weighted by Crippen LogP contribution is 2.27. The third-order valence-electron chi connectivity index (χ3n) is 7.37. The minimum Gasteiger partial charge on any atom is -0.462 e. The third-order valence-corrected chi connectivity index (χ3v) is 7.37. The fraction of sp³-hybridized carbons (Fsp3) is 0.303. The lowest BCUT2D eigenvalue weighted by molar-refractivity contribution is 0.0505. The molecule has 0 radical (unpaired) electrons. The zero-order valence-electron chi connectivity index (χ0n) is 22.9. The van der Waals surface area contributed by atoms with Crippen molar-refractivity contribution in [3.63, 3.8) is 0 Å². The van der Waals surface area contributed by atoms with Gasteiger partial charge in [0, 0.05) is 58.7 Å². The molecule has 1 fully saturated rings. The average molecular weight is 537 g/mol. The Bertz CT molecular complexity index is 1440. The minimum atomic E-state index is -0.374. The van der Waals surface area contributed by atoms with Gasteiger partial charge in [0.2, 0.25) is 0 Å². The van der Waals surface area contributed by atoms with Gasteiger partial charge >= 0.3 is 5.97 Å². The summed E-state index contributed by atoms with van der Waals surface area (Å²) < 4.78 is 5.15. The van der Waals surface area contributed by atoms with E-state index in [0.29, 0.717) is 29.8 Å². The smallest absolute Gasteiger partial charge is 0.338 e. The van der Waals surface area contributed by atoms with E-state index in [-0.39, 0.29) is 11.9 Å². The van der Waals surface area contributed by atoms with Crippen molar-refractivity contribution in [1.82, 2.24) is 10.3 Å². The largest absolute Gasteiger partial charge is 0.462 e. The van der Waals surface area contributed by atoms with Gasteiger partial charge in [-0.3, -0.25) is 9.78 Å². The monoisotopic (exact) mass is 536 g/mol. The first kappa shape index (κ1) is 27.3. The molecule has 4 aromatic rings. The van der Waals surface area contributed by atoms with Crippen LogP contribution in [0.2, 0.25) is 0 Å². The van der Waals surface area contributed by atoms with E-state index in [1.165, 1.54) is 11.1 Å². The van der Waals surface area contributed by atoms with Crippen LogP contribution in [-0.2, 0) is 11.3 Å². The molecule has 3 aromatic carbocycles. The van der Waals surface area contributed by atoms with Crippen molar-refractivity contribution in [1.29, 1.82) is 0 Å². The number of hydrogen-bond acceptors (Lipinski definition) is 6. The number of nitrogens with one attached hydrogen (secondary N) is 3. The molecule has 1 aromatic heterocycles. The molecule has 7 nitrogen and oxygen atoms in total. The van der Waals surface area contributed by atoms with E-state index in [2.05, 4.69) is 51.3 Å². The Morgan fingerprint density at radius 2 is 1.65 bits per heavy atom. The standard InChI is InChI=1S/C33H36N4O3/c1-2-19-40-33(39)25-11-9-24(10-12-25)32(38)37-29-7-3-5-23(20-29)21-35-27-13-15-28(16-14-27)36-31-8-4-6-26-22-34-18-17-30(26)31/h3-12,17-18,20,22,27-28,35-36H,2,13-16,19,21H2,1H3,(H,37,38). The van der Waals surface area contributed by atoms with E-state index in [9.17, 15) is 9.59 Å². The molecule has 1 amide bonds. The summed E-state index contributed by atoms with van der Waals surface area (Å²) in [6.45, 7) is 3.08. The Morgan fingerprint density at radius 3 is 2.45 bits per heavy atom. The molecule has 0 bridgehead atoms. The van der Waals surface area contributed by atoms with Crippen molar-refractivity contribution in [2.75, 3.05) is 17.2 Å². The molecular weight excluding hydrogens is 500 g/mol. The van der Waals surface area contributed by atoms with Crippen LogP contribution in [0.1, 0.15) is 65.3 Å². The molecular formula is C33H36N4O3. The van der Waals surface area contributed by atoms with E-state index in [1.54, 1.807) is 24.3 Å². The second-order valence-electron chi connectivity index (χ2n) is 10.3. The van der Waals surface area contributed by atoms with Crippen LogP contribution in [0.15, 0.2) is 85.2 Å².